The zero-order chi connectivity index (χ0) is 24.2. The molecule has 2 aromatic rings. The van der Waals surface area contributed by atoms with E-state index >= 15 is 0 Å². The first-order valence-electron chi connectivity index (χ1n) is 11.4. The van der Waals surface area contributed by atoms with Crippen LogP contribution >= 0.6 is 0 Å². The van der Waals surface area contributed by atoms with Gasteiger partial charge in [0.2, 0.25) is 0 Å². The molecule has 0 saturated carbocycles. The molecule has 0 unspecified atom stereocenters. The first-order chi connectivity index (χ1) is 15.5. The van der Waals surface area contributed by atoms with Crippen LogP contribution < -0.4 is 0 Å². The summed E-state index contributed by atoms with van der Waals surface area (Å²) in [6.45, 7) is 11.0. The number of pyridine rings is 1. The summed E-state index contributed by atoms with van der Waals surface area (Å²) >= 11 is 0. The molecule has 0 atom stereocenters. The minimum atomic E-state index is -3.21. The molecule has 1 aromatic carbocycles. The molecule has 1 aliphatic rings. The van der Waals surface area contributed by atoms with Gasteiger partial charge in [0.25, 0.3) is 0 Å². The molecule has 1 saturated heterocycles. The van der Waals surface area contributed by atoms with E-state index in [2.05, 4.69) is 22.9 Å². The van der Waals surface area contributed by atoms with E-state index in [-0.39, 0.29) is 6.09 Å². The number of benzene rings is 1. The molecule has 3 rings (SSSR count). The van der Waals surface area contributed by atoms with Crippen molar-refractivity contribution in [3.63, 3.8) is 0 Å². The van der Waals surface area contributed by atoms with Gasteiger partial charge < -0.3 is 9.64 Å². The van der Waals surface area contributed by atoms with E-state index in [1.54, 1.807) is 29.2 Å². The number of aromatic nitrogens is 1. The lowest BCUT2D eigenvalue weighted by molar-refractivity contribution is 0.0141. The van der Waals surface area contributed by atoms with Gasteiger partial charge in [-0.25, -0.2) is 13.2 Å². The van der Waals surface area contributed by atoms with Crippen molar-refractivity contribution in [1.82, 2.24) is 14.8 Å². The number of ether oxygens (including phenoxy) is 1. The van der Waals surface area contributed by atoms with Crippen LogP contribution in [0, 0.1) is 0 Å². The number of carbonyl (C=O) groups is 1. The molecule has 0 bridgehead atoms. The van der Waals surface area contributed by atoms with E-state index in [0.29, 0.717) is 24.0 Å². The van der Waals surface area contributed by atoms with Gasteiger partial charge in [0.15, 0.2) is 9.84 Å². The number of hydrogen-bond acceptors (Lipinski definition) is 6. The van der Waals surface area contributed by atoms with Gasteiger partial charge in [-0.1, -0.05) is 25.1 Å². The van der Waals surface area contributed by atoms with Crippen LogP contribution in [0.25, 0.3) is 11.3 Å². The van der Waals surface area contributed by atoms with Crippen LogP contribution in [0.2, 0.25) is 0 Å². The van der Waals surface area contributed by atoms with E-state index in [1.807, 2.05) is 33.0 Å². The van der Waals surface area contributed by atoms with Crippen LogP contribution in [0.1, 0.15) is 46.1 Å². The molecule has 1 amide bonds. The maximum Gasteiger partial charge on any atom is 0.410 e. The first kappa shape index (κ1) is 25.2. The molecular weight excluding hydrogens is 438 g/mol. The average molecular weight is 474 g/mol. The second-order valence-electron chi connectivity index (χ2n) is 9.61. The van der Waals surface area contributed by atoms with Crippen molar-refractivity contribution in [3.8, 4) is 11.3 Å². The second-order valence-corrected chi connectivity index (χ2v) is 11.6. The van der Waals surface area contributed by atoms with Crippen molar-refractivity contribution < 1.29 is 17.9 Å². The van der Waals surface area contributed by atoms with Crippen LogP contribution in [0.3, 0.4) is 0 Å². The van der Waals surface area contributed by atoms with Crippen LogP contribution in [-0.4, -0.2) is 66.8 Å². The summed E-state index contributed by atoms with van der Waals surface area (Å²) in [5.74, 6) is 0. The van der Waals surface area contributed by atoms with Gasteiger partial charge in [0, 0.05) is 43.7 Å². The van der Waals surface area contributed by atoms with E-state index in [9.17, 15) is 13.2 Å². The predicted octanol–water partition coefficient (Wildman–Crippen LogP) is 4.37. The minimum absolute atomic E-state index is 0.228. The zero-order valence-electron chi connectivity index (χ0n) is 20.2. The molecule has 33 heavy (non-hydrogen) atoms. The van der Waals surface area contributed by atoms with E-state index in [4.69, 9.17) is 4.74 Å². The fourth-order valence-corrected chi connectivity index (χ4v) is 4.67. The van der Waals surface area contributed by atoms with Crippen molar-refractivity contribution in [2.75, 3.05) is 25.9 Å². The minimum Gasteiger partial charge on any atom is -0.444 e. The van der Waals surface area contributed by atoms with Gasteiger partial charge in [0.1, 0.15) is 5.60 Å². The van der Waals surface area contributed by atoms with Crippen molar-refractivity contribution in [2.45, 2.75) is 63.6 Å². The van der Waals surface area contributed by atoms with Gasteiger partial charge >= 0.3 is 6.09 Å². The molecule has 2 heterocycles. The Morgan fingerprint density at radius 1 is 1.12 bits per heavy atom. The Balaban J connectivity index is 1.58. The third kappa shape index (κ3) is 7.01. The highest BCUT2D eigenvalue weighted by molar-refractivity contribution is 7.90. The Hall–Kier alpha value is -2.45. The lowest BCUT2D eigenvalue weighted by atomic mass is 10.0. The first-order valence-corrected chi connectivity index (χ1v) is 13.3. The largest absolute Gasteiger partial charge is 0.444 e. The smallest absolute Gasteiger partial charge is 0.410 e. The Morgan fingerprint density at radius 3 is 2.24 bits per heavy atom. The molecule has 180 valence electrons. The molecule has 1 fully saturated rings. The van der Waals surface area contributed by atoms with Crippen molar-refractivity contribution in [3.05, 3.63) is 48.2 Å². The van der Waals surface area contributed by atoms with Gasteiger partial charge in [-0.15, -0.1) is 0 Å². The fraction of sp³-hybridized carbons (Fsp3) is 0.520. The number of amides is 1. The van der Waals surface area contributed by atoms with Crippen LogP contribution in [0.5, 0.6) is 0 Å². The molecule has 0 spiro atoms. The molecule has 0 radical (unpaired) electrons. The summed E-state index contributed by atoms with van der Waals surface area (Å²) in [5.41, 5.74) is 2.35. The maximum absolute atomic E-state index is 12.3. The second kappa shape index (κ2) is 10.2. The number of hydrogen-bond donors (Lipinski definition) is 0. The van der Waals surface area contributed by atoms with E-state index in [0.717, 1.165) is 42.8 Å². The number of rotatable bonds is 6. The van der Waals surface area contributed by atoms with Gasteiger partial charge in [-0.3, -0.25) is 9.88 Å². The summed E-state index contributed by atoms with van der Waals surface area (Å²) in [4.78, 5) is 21.5. The van der Waals surface area contributed by atoms with E-state index < -0.39 is 15.4 Å². The van der Waals surface area contributed by atoms with Crippen LogP contribution in [-0.2, 0) is 21.1 Å². The number of nitrogens with zero attached hydrogens (tertiary/aromatic N) is 3. The fourth-order valence-electron chi connectivity index (χ4n) is 4.04. The SMILES string of the molecule is CCN(Cc1ccc(-c2ccc(S(C)(=O)=O)cc2)nc1)C1CCN(C(=O)OC(C)(C)C)CC1. The summed E-state index contributed by atoms with van der Waals surface area (Å²) in [6.07, 6.45) is 4.71. The zero-order valence-corrected chi connectivity index (χ0v) is 21.1. The van der Waals surface area contributed by atoms with Crippen LogP contribution in [0.15, 0.2) is 47.5 Å². The monoisotopic (exact) mass is 473 g/mol. The Labute approximate surface area is 197 Å². The van der Waals surface area contributed by atoms with Crippen molar-refractivity contribution >= 4 is 15.9 Å². The number of piperidine rings is 1. The lowest BCUT2D eigenvalue weighted by Crippen LogP contribution is -2.47. The van der Waals surface area contributed by atoms with Gasteiger partial charge in [0.05, 0.1) is 10.6 Å². The number of likely N-dealkylation sites (tertiary alicyclic amines) is 1. The molecular formula is C25H35N3O4S. The summed E-state index contributed by atoms with van der Waals surface area (Å²) in [6, 6.07) is 11.3. The standard InChI is InChI=1S/C25H35N3O4S/c1-6-27(21-13-15-28(16-14-21)24(29)32-25(2,3)4)18-19-7-12-23(26-17-19)20-8-10-22(11-9-20)33(5,30)31/h7-12,17,21H,6,13-16,18H2,1-5H3. The van der Waals surface area contributed by atoms with Crippen LogP contribution in [0.4, 0.5) is 4.79 Å². The normalized spacial score (nSPS) is 15.6. The molecule has 1 aliphatic heterocycles. The molecule has 7 nitrogen and oxygen atoms in total. The Bertz CT molecular complexity index is 1040. The summed E-state index contributed by atoms with van der Waals surface area (Å²) in [7, 11) is -3.21. The quantitative estimate of drug-likeness (QED) is 0.620. The highest BCUT2D eigenvalue weighted by Crippen LogP contribution is 2.23. The summed E-state index contributed by atoms with van der Waals surface area (Å²) < 4.78 is 28.8. The van der Waals surface area contributed by atoms with Gasteiger partial charge in [-0.2, -0.15) is 0 Å². The average Bonchev–Trinajstić information content (AvgIpc) is 2.76. The topological polar surface area (TPSA) is 79.8 Å². The summed E-state index contributed by atoms with van der Waals surface area (Å²) in [5, 5.41) is 0. The third-order valence-electron chi connectivity index (χ3n) is 5.83. The highest BCUT2D eigenvalue weighted by atomic mass is 32.2. The molecule has 1 aromatic heterocycles. The molecule has 8 heteroatoms. The Morgan fingerprint density at radius 2 is 1.76 bits per heavy atom. The van der Waals surface area contributed by atoms with Gasteiger partial charge in [-0.05, 0) is 63.9 Å². The third-order valence-corrected chi connectivity index (χ3v) is 6.96. The number of sulfone groups is 1. The lowest BCUT2D eigenvalue weighted by Gasteiger charge is -2.38. The maximum atomic E-state index is 12.3. The van der Waals surface area contributed by atoms with E-state index in [1.165, 1.54) is 6.26 Å². The van der Waals surface area contributed by atoms with Crippen molar-refractivity contribution in [1.29, 1.82) is 0 Å². The highest BCUT2D eigenvalue weighted by Gasteiger charge is 2.29. The number of carbonyl (C=O) groups excluding carboxylic acids is 1. The molecule has 0 aliphatic carbocycles. The van der Waals surface area contributed by atoms with Crippen molar-refractivity contribution in [2.24, 2.45) is 0 Å². The molecule has 0 N–H and O–H groups in total. The Kier molecular flexibility index (Phi) is 7.80. The predicted molar refractivity (Wildman–Crippen MR) is 130 cm³/mol.